The summed E-state index contributed by atoms with van der Waals surface area (Å²) in [6.07, 6.45) is 3.63. The highest BCUT2D eigenvalue weighted by molar-refractivity contribution is 5.90. The summed E-state index contributed by atoms with van der Waals surface area (Å²) in [5.41, 5.74) is 3.23. The van der Waals surface area contributed by atoms with Crippen LogP contribution in [0.4, 0.5) is 5.69 Å². The van der Waals surface area contributed by atoms with Gasteiger partial charge in [0.2, 0.25) is 0 Å². The molecule has 2 aliphatic heterocycles. The minimum absolute atomic E-state index is 0.247. The second kappa shape index (κ2) is 5.83. The van der Waals surface area contributed by atoms with Crippen LogP contribution in [0.15, 0.2) is 18.2 Å². The van der Waals surface area contributed by atoms with Crippen LogP contribution in [0.1, 0.15) is 28.8 Å². The summed E-state index contributed by atoms with van der Waals surface area (Å²) in [6, 6.07) is 5.94. The van der Waals surface area contributed by atoms with E-state index < -0.39 is 0 Å². The molecule has 108 valence electrons. The minimum atomic E-state index is -0.247. The maximum absolute atomic E-state index is 11.6. The van der Waals surface area contributed by atoms with E-state index in [1.807, 2.05) is 12.1 Å². The van der Waals surface area contributed by atoms with Gasteiger partial charge in [0.15, 0.2) is 0 Å². The first kappa shape index (κ1) is 13.4. The summed E-state index contributed by atoms with van der Waals surface area (Å²) >= 11 is 0. The SMILES string of the molecule is COC(=O)c1ccc2c(c1)CCN2CC1CCCNC1. The lowest BCUT2D eigenvalue weighted by molar-refractivity contribution is 0.0600. The number of nitrogens with one attached hydrogen (secondary N) is 1. The molecule has 0 bridgehead atoms. The molecule has 0 aliphatic carbocycles. The molecule has 2 heterocycles. The highest BCUT2D eigenvalue weighted by Gasteiger charge is 2.24. The number of rotatable bonds is 3. The van der Waals surface area contributed by atoms with Gasteiger partial charge < -0.3 is 15.0 Å². The predicted molar refractivity (Wildman–Crippen MR) is 79.3 cm³/mol. The van der Waals surface area contributed by atoms with Crippen LogP contribution in [0, 0.1) is 5.92 Å². The highest BCUT2D eigenvalue weighted by Crippen LogP contribution is 2.30. The Bertz CT molecular complexity index is 495. The molecule has 0 saturated carbocycles. The van der Waals surface area contributed by atoms with Crippen LogP contribution in [0.3, 0.4) is 0 Å². The van der Waals surface area contributed by atoms with Crippen molar-refractivity contribution in [2.24, 2.45) is 5.92 Å². The van der Waals surface area contributed by atoms with Crippen molar-refractivity contribution in [1.29, 1.82) is 0 Å². The lowest BCUT2D eigenvalue weighted by Gasteiger charge is -2.29. The van der Waals surface area contributed by atoms with Gasteiger partial charge >= 0.3 is 5.97 Å². The Morgan fingerprint density at radius 3 is 3.15 bits per heavy atom. The van der Waals surface area contributed by atoms with Gasteiger partial charge in [-0.25, -0.2) is 4.79 Å². The average Bonchev–Trinajstić information content (AvgIpc) is 2.90. The molecule has 0 amide bonds. The van der Waals surface area contributed by atoms with Gasteiger partial charge in [0.1, 0.15) is 0 Å². The molecule has 1 saturated heterocycles. The molecule has 3 rings (SSSR count). The van der Waals surface area contributed by atoms with Gasteiger partial charge in [-0.1, -0.05) is 0 Å². The number of ether oxygens (including phenoxy) is 1. The summed E-state index contributed by atoms with van der Waals surface area (Å²) < 4.78 is 4.78. The number of nitrogens with zero attached hydrogens (tertiary/aromatic N) is 1. The summed E-state index contributed by atoms with van der Waals surface area (Å²) in [4.78, 5) is 14.0. The fourth-order valence-electron chi connectivity index (χ4n) is 3.30. The first-order valence-corrected chi connectivity index (χ1v) is 7.45. The van der Waals surface area contributed by atoms with Crippen LogP contribution in [0.5, 0.6) is 0 Å². The normalized spacial score (nSPS) is 21.6. The predicted octanol–water partition coefficient (Wildman–Crippen LogP) is 1.84. The first-order chi connectivity index (χ1) is 9.78. The molecular weight excluding hydrogens is 252 g/mol. The van der Waals surface area contributed by atoms with E-state index in [-0.39, 0.29) is 5.97 Å². The fraction of sp³-hybridized carbons (Fsp3) is 0.562. The van der Waals surface area contributed by atoms with Crippen molar-refractivity contribution in [2.45, 2.75) is 19.3 Å². The summed E-state index contributed by atoms with van der Waals surface area (Å²) in [5.74, 6) is 0.498. The van der Waals surface area contributed by atoms with Gasteiger partial charge in [0.25, 0.3) is 0 Å². The molecule has 1 N–H and O–H groups in total. The molecule has 0 radical (unpaired) electrons. The molecule has 1 aromatic carbocycles. The molecule has 1 unspecified atom stereocenters. The Morgan fingerprint density at radius 1 is 1.50 bits per heavy atom. The van der Waals surface area contributed by atoms with Gasteiger partial charge in [-0.2, -0.15) is 0 Å². The molecule has 0 spiro atoms. The third kappa shape index (κ3) is 2.66. The van der Waals surface area contributed by atoms with E-state index in [2.05, 4.69) is 16.3 Å². The lowest BCUT2D eigenvalue weighted by Crippen LogP contribution is -2.37. The van der Waals surface area contributed by atoms with Gasteiger partial charge in [0.05, 0.1) is 12.7 Å². The molecule has 2 aliphatic rings. The molecule has 1 atom stereocenters. The Balaban J connectivity index is 1.71. The number of esters is 1. The zero-order valence-corrected chi connectivity index (χ0v) is 12.0. The first-order valence-electron chi connectivity index (χ1n) is 7.45. The zero-order chi connectivity index (χ0) is 13.9. The van der Waals surface area contributed by atoms with Crippen molar-refractivity contribution in [3.63, 3.8) is 0 Å². The van der Waals surface area contributed by atoms with Crippen molar-refractivity contribution in [3.8, 4) is 0 Å². The minimum Gasteiger partial charge on any atom is -0.465 e. The van der Waals surface area contributed by atoms with Gasteiger partial charge in [-0.3, -0.25) is 0 Å². The van der Waals surface area contributed by atoms with Crippen molar-refractivity contribution >= 4 is 11.7 Å². The van der Waals surface area contributed by atoms with E-state index in [0.717, 1.165) is 38.5 Å². The second-order valence-electron chi connectivity index (χ2n) is 5.74. The Morgan fingerprint density at radius 2 is 2.40 bits per heavy atom. The third-order valence-electron chi connectivity index (χ3n) is 4.37. The molecule has 4 nitrogen and oxygen atoms in total. The molecule has 1 fully saturated rings. The quantitative estimate of drug-likeness (QED) is 0.854. The summed E-state index contributed by atoms with van der Waals surface area (Å²) in [5, 5.41) is 3.48. The topological polar surface area (TPSA) is 41.6 Å². The fourth-order valence-corrected chi connectivity index (χ4v) is 3.30. The van der Waals surface area contributed by atoms with Crippen molar-refractivity contribution in [2.75, 3.05) is 38.2 Å². The molecule has 4 heteroatoms. The Kier molecular flexibility index (Phi) is 3.92. The Hall–Kier alpha value is -1.55. The summed E-state index contributed by atoms with van der Waals surface area (Å²) in [6.45, 7) is 4.48. The molecular formula is C16H22N2O2. The smallest absolute Gasteiger partial charge is 0.337 e. The van der Waals surface area contributed by atoms with Crippen molar-refractivity contribution < 1.29 is 9.53 Å². The van der Waals surface area contributed by atoms with E-state index in [1.54, 1.807) is 0 Å². The van der Waals surface area contributed by atoms with E-state index >= 15 is 0 Å². The number of methoxy groups -OCH3 is 1. The van der Waals surface area contributed by atoms with Crippen LogP contribution >= 0.6 is 0 Å². The Labute approximate surface area is 120 Å². The number of carbonyl (C=O) groups is 1. The van der Waals surface area contributed by atoms with Gasteiger partial charge in [-0.15, -0.1) is 0 Å². The van der Waals surface area contributed by atoms with Crippen LogP contribution in [-0.4, -0.2) is 39.3 Å². The van der Waals surface area contributed by atoms with Gasteiger partial charge in [0, 0.05) is 18.8 Å². The van der Waals surface area contributed by atoms with E-state index in [1.165, 1.54) is 31.2 Å². The van der Waals surface area contributed by atoms with E-state index in [9.17, 15) is 4.79 Å². The number of carbonyl (C=O) groups excluding carboxylic acids is 1. The number of benzene rings is 1. The van der Waals surface area contributed by atoms with Crippen molar-refractivity contribution in [1.82, 2.24) is 5.32 Å². The maximum atomic E-state index is 11.6. The van der Waals surface area contributed by atoms with E-state index in [0.29, 0.717) is 5.56 Å². The second-order valence-corrected chi connectivity index (χ2v) is 5.74. The van der Waals surface area contributed by atoms with Crippen LogP contribution in [0.25, 0.3) is 0 Å². The molecule has 0 aromatic heterocycles. The highest BCUT2D eigenvalue weighted by atomic mass is 16.5. The number of hydrogen-bond donors (Lipinski definition) is 1. The van der Waals surface area contributed by atoms with Crippen LogP contribution in [0.2, 0.25) is 0 Å². The number of fused-ring (bicyclic) bond motifs is 1. The largest absolute Gasteiger partial charge is 0.465 e. The van der Waals surface area contributed by atoms with Gasteiger partial charge in [-0.05, 0) is 62.0 Å². The molecule has 1 aromatic rings. The van der Waals surface area contributed by atoms with E-state index in [4.69, 9.17) is 4.74 Å². The zero-order valence-electron chi connectivity index (χ0n) is 12.0. The lowest BCUT2D eigenvalue weighted by atomic mass is 9.99. The third-order valence-corrected chi connectivity index (χ3v) is 4.37. The number of anilines is 1. The molecule has 20 heavy (non-hydrogen) atoms. The maximum Gasteiger partial charge on any atom is 0.337 e. The summed E-state index contributed by atoms with van der Waals surface area (Å²) in [7, 11) is 1.43. The van der Waals surface area contributed by atoms with Crippen molar-refractivity contribution in [3.05, 3.63) is 29.3 Å². The monoisotopic (exact) mass is 274 g/mol. The van der Waals surface area contributed by atoms with Crippen LogP contribution in [-0.2, 0) is 11.2 Å². The average molecular weight is 274 g/mol. The number of piperidine rings is 1. The standard InChI is InChI=1S/C16H22N2O2/c1-20-16(19)14-4-5-15-13(9-14)6-8-18(15)11-12-3-2-7-17-10-12/h4-5,9,12,17H,2-3,6-8,10-11H2,1H3. The van der Waals surface area contributed by atoms with Crippen LogP contribution < -0.4 is 10.2 Å². The number of hydrogen-bond acceptors (Lipinski definition) is 4.